The number of rotatable bonds is 9. The van der Waals surface area contributed by atoms with Crippen LogP contribution in [0.25, 0.3) is 0 Å². The lowest BCUT2D eigenvalue weighted by atomic mass is 10.1. The minimum absolute atomic E-state index is 0.457. The van der Waals surface area contributed by atoms with E-state index in [0.717, 1.165) is 35.7 Å². The Labute approximate surface area is 170 Å². The number of hydrogen-bond acceptors (Lipinski definition) is 7. The highest BCUT2D eigenvalue weighted by molar-refractivity contribution is 5.39. The molecule has 3 aromatic rings. The minimum Gasteiger partial charge on any atom is -0.495 e. The molecule has 1 saturated carbocycles. The van der Waals surface area contributed by atoms with Gasteiger partial charge in [0.15, 0.2) is 0 Å². The Hall–Kier alpha value is -3.16. The van der Waals surface area contributed by atoms with E-state index in [0.29, 0.717) is 36.7 Å². The van der Waals surface area contributed by atoms with E-state index in [9.17, 15) is 0 Å². The Morgan fingerprint density at radius 2 is 2.21 bits per heavy atom. The number of ether oxygens (including phenoxy) is 2. The molecule has 8 nitrogen and oxygen atoms in total. The van der Waals surface area contributed by atoms with Crippen molar-refractivity contribution >= 4 is 5.82 Å². The van der Waals surface area contributed by atoms with Gasteiger partial charge in [-0.15, -0.1) is 0 Å². The number of nitrogens with one attached hydrogen (secondary N) is 1. The lowest BCUT2D eigenvalue weighted by Gasteiger charge is -2.10. The van der Waals surface area contributed by atoms with Crippen LogP contribution in [0.5, 0.6) is 11.6 Å². The fourth-order valence-electron chi connectivity index (χ4n) is 3.53. The molecule has 8 heteroatoms. The molecule has 1 aliphatic rings. The summed E-state index contributed by atoms with van der Waals surface area (Å²) in [6.45, 7) is 3.14. The number of methoxy groups -OCH3 is 1. The second-order valence-electron chi connectivity index (χ2n) is 7.34. The third kappa shape index (κ3) is 4.82. The molecule has 0 aromatic carbocycles. The van der Waals surface area contributed by atoms with E-state index >= 15 is 0 Å². The van der Waals surface area contributed by atoms with Crippen LogP contribution in [0.4, 0.5) is 5.82 Å². The first kappa shape index (κ1) is 19.2. The van der Waals surface area contributed by atoms with Crippen molar-refractivity contribution in [3.63, 3.8) is 0 Å². The summed E-state index contributed by atoms with van der Waals surface area (Å²) in [7, 11) is 3.59. The Bertz CT molecular complexity index is 973. The standard InChI is InChI=1S/C21H26N6O2/c1-14-25-19(23-11-15-12-24-27(2)13-15)10-20(26-14)29-8-6-16-9-17(16)21-18(28-3)5-4-7-22-21/h4-5,7,10,12-13,16-17H,6,8-9,11H2,1-3H3,(H,23,25,26). The van der Waals surface area contributed by atoms with Crippen LogP contribution in [0.1, 0.15) is 35.8 Å². The summed E-state index contributed by atoms with van der Waals surface area (Å²) in [6, 6.07) is 5.72. The molecule has 3 aromatic heterocycles. The van der Waals surface area contributed by atoms with Crippen molar-refractivity contribution < 1.29 is 9.47 Å². The maximum Gasteiger partial charge on any atom is 0.218 e. The van der Waals surface area contributed by atoms with Crippen molar-refractivity contribution in [2.45, 2.75) is 32.2 Å². The van der Waals surface area contributed by atoms with Crippen LogP contribution in [-0.4, -0.2) is 38.4 Å². The molecular weight excluding hydrogens is 368 g/mol. The van der Waals surface area contributed by atoms with E-state index in [2.05, 4.69) is 25.4 Å². The van der Waals surface area contributed by atoms with Gasteiger partial charge in [0.25, 0.3) is 0 Å². The average Bonchev–Trinajstić information content (AvgIpc) is 3.36. The molecule has 0 bridgehead atoms. The van der Waals surface area contributed by atoms with Gasteiger partial charge >= 0.3 is 0 Å². The molecule has 2 atom stereocenters. The fourth-order valence-corrected chi connectivity index (χ4v) is 3.53. The molecule has 0 saturated heterocycles. The molecule has 0 amide bonds. The molecular formula is C21H26N6O2. The van der Waals surface area contributed by atoms with Crippen molar-refractivity contribution in [2.75, 3.05) is 19.0 Å². The van der Waals surface area contributed by atoms with Gasteiger partial charge in [0.05, 0.1) is 25.6 Å². The number of aryl methyl sites for hydroxylation is 2. The van der Waals surface area contributed by atoms with Gasteiger partial charge in [-0.05, 0) is 37.8 Å². The molecule has 1 N–H and O–H groups in total. The zero-order chi connectivity index (χ0) is 20.2. The van der Waals surface area contributed by atoms with Gasteiger partial charge in [-0.25, -0.2) is 4.98 Å². The van der Waals surface area contributed by atoms with Gasteiger partial charge in [0.1, 0.15) is 17.4 Å². The van der Waals surface area contributed by atoms with Gasteiger partial charge in [0.2, 0.25) is 5.88 Å². The van der Waals surface area contributed by atoms with Crippen LogP contribution in [0, 0.1) is 12.8 Å². The van der Waals surface area contributed by atoms with Crippen LogP contribution in [0.3, 0.4) is 0 Å². The van der Waals surface area contributed by atoms with Crippen LogP contribution in [-0.2, 0) is 13.6 Å². The Balaban J connectivity index is 1.28. The van der Waals surface area contributed by atoms with E-state index in [1.54, 1.807) is 11.8 Å². The Kier molecular flexibility index (Phi) is 5.59. The monoisotopic (exact) mass is 394 g/mol. The summed E-state index contributed by atoms with van der Waals surface area (Å²) in [5.41, 5.74) is 2.15. The molecule has 152 valence electrons. The lowest BCUT2D eigenvalue weighted by Crippen LogP contribution is -2.06. The highest BCUT2D eigenvalue weighted by Crippen LogP contribution is 2.51. The maximum absolute atomic E-state index is 5.92. The van der Waals surface area contributed by atoms with Crippen LogP contribution < -0.4 is 14.8 Å². The van der Waals surface area contributed by atoms with E-state index in [-0.39, 0.29) is 0 Å². The first-order chi connectivity index (χ1) is 14.1. The molecule has 4 rings (SSSR count). The van der Waals surface area contributed by atoms with Gasteiger partial charge in [-0.1, -0.05) is 0 Å². The number of pyridine rings is 1. The number of nitrogens with zero attached hydrogens (tertiary/aromatic N) is 5. The summed E-state index contributed by atoms with van der Waals surface area (Å²) in [5, 5.41) is 7.47. The van der Waals surface area contributed by atoms with Gasteiger partial charge in [0, 0.05) is 43.5 Å². The number of aromatic nitrogens is 5. The number of hydrogen-bond donors (Lipinski definition) is 1. The van der Waals surface area contributed by atoms with Gasteiger partial charge < -0.3 is 14.8 Å². The smallest absolute Gasteiger partial charge is 0.218 e. The molecule has 0 spiro atoms. The molecule has 0 aliphatic heterocycles. The molecule has 29 heavy (non-hydrogen) atoms. The topological polar surface area (TPSA) is 87.0 Å². The summed E-state index contributed by atoms with van der Waals surface area (Å²) in [4.78, 5) is 13.3. The average molecular weight is 394 g/mol. The second-order valence-corrected chi connectivity index (χ2v) is 7.34. The minimum atomic E-state index is 0.457. The van der Waals surface area contributed by atoms with Crippen molar-refractivity contribution in [1.29, 1.82) is 0 Å². The third-order valence-corrected chi connectivity index (χ3v) is 5.08. The van der Waals surface area contributed by atoms with Gasteiger partial charge in [-0.3, -0.25) is 9.67 Å². The molecule has 1 fully saturated rings. The zero-order valence-electron chi connectivity index (χ0n) is 17.0. The first-order valence-electron chi connectivity index (χ1n) is 9.81. The normalized spacial score (nSPS) is 17.8. The van der Waals surface area contributed by atoms with E-state index in [4.69, 9.17) is 9.47 Å². The number of anilines is 1. The summed E-state index contributed by atoms with van der Waals surface area (Å²) >= 11 is 0. The third-order valence-electron chi connectivity index (χ3n) is 5.08. The Morgan fingerprint density at radius 1 is 1.31 bits per heavy atom. The van der Waals surface area contributed by atoms with Crippen LogP contribution in [0.2, 0.25) is 0 Å². The molecule has 2 unspecified atom stereocenters. The second kappa shape index (κ2) is 8.46. The van der Waals surface area contributed by atoms with Crippen molar-refractivity contribution in [3.8, 4) is 11.6 Å². The summed E-state index contributed by atoms with van der Waals surface area (Å²) < 4.78 is 13.1. The maximum atomic E-state index is 5.92. The molecule has 1 aliphatic carbocycles. The molecule has 3 heterocycles. The van der Waals surface area contributed by atoms with E-state index < -0.39 is 0 Å². The summed E-state index contributed by atoms with van der Waals surface area (Å²) in [5.74, 6) is 3.93. The van der Waals surface area contributed by atoms with Gasteiger partial charge in [-0.2, -0.15) is 10.1 Å². The highest BCUT2D eigenvalue weighted by atomic mass is 16.5. The largest absolute Gasteiger partial charge is 0.495 e. The van der Waals surface area contributed by atoms with Crippen molar-refractivity contribution in [3.05, 3.63) is 53.9 Å². The predicted octanol–water partition coefficient (Wildman–Crippen LogP) is 3.11. The van der Waals surface area contributed by atoms with Crippen LogP contribution >= 0.6 is 0 Å². The highest BCUT2D eigenvalue weighted by Gasteiger charge is 2.40. The lowest BCUT2D eigenvalue weighted by molar-refractivity contribution is 0.289. The van der Waals surface area contributed by atoms with E-state index in [1.165, 1.54) is 0 Å². The van der Waals surface area contributed by atoms with Crippen molar-refractivity contribution in [2.24, 2.45) is 13.0 Å². The quantitative estimate of drug-likeness (QED) is 0.597. The van der Waals surface area contributed by atoms with Crippen molar-refractivity contribution in [1.82, 2.24) is 24.7 Å². The van der Waals surface area contributed by atoms with E-state index in [1.807, 2.05) is 50.8 Å². The van der Waals surface area contributed by atoms with Crippen LogP contribution in [0.15, 0.2) is 36.8 Å². The fraction of sp³-hybridized carbons (Fsp3) is 0.429. The molecule has 0 radical (unpaired) electrons. The predicted molar refractivity (Wildman–Crippen MR) is 109 cm³/mol. The first-order valence-corrected chi connectivity index (χ1v) is 9.81. The Morgan fingerprint density at radius 3 is 3.00 bits per heavy atom. The summed E-state index contributed by atoms with van der Waals surface area (Å²) in [6.07, 6.45) is 7.72. The zero-order valence-corrected chi connectivity index (χ0v) is 17.0. The SMILES string of the molecule is COc1cccnc1C1CC1CCOc1cc(NCc2cnn(C)c2)nc(C)n1.